The average molecular weight is 264 g/mol. The van der Waals surface area contributed by atoms with Crippen LogP contribution in [0.1, 0.15) is 38.9 Å². The Morgan fingerprint density at radius 3 is 2.84 bits per heavy atom. The lowest BCUT2D eigenvalue weighted by Crippen LogP contribution is -2.56. The van der Waals surface area contributed by atoms with Crippen LogP contribution in [-0.4, -0.2) is 46.2 Å². The van der Waals surface area contributed by atoms with Crippen molar-refractivity contribution in [3.8, 4) is 0 Å². The van der Waals surface area contributed by atoms with Crippen molar-refractivity contribution in [1.82, 2.24) is 19.8 Å². The summed E-state index contributed by atoms with van der Waals surface area (Å²) >= 11 is 0. The topological polar surface area (TPSA) is 33.1 Å². The molecule has 0 aromatic carbocycles. The number of aryl methyl sites for hydroxylation is 1. The Bertz CT molecular complexity index is 374. The third kappa shape index (κ3) is 3.80. The Hall–Kier alpha value is -0.870. The quantitative estimate of drug-likeness (QED) is 0.853. The molecule has 4 heteroatoms. The van der Waals surface area contributed by atoms with E-state index in [1.54, 1.807) is 0 Å². The van der Waals surface area contributed by atoms with E-state index in [0.29, 0.717) is 12.1 Å². The molecule has 2 rings (SSSR count). The summed E-state index contributed by atoms with van der Waals surface area (Å²) in [5.41, 5.74) is 0. The fourth-order valence-electron chi connectivity index (χ4n) is 2.97. The van der Waals surface area contributed by atoms with Crippen LogP contribution in [0.5, 0.6) is 0 Å². The molecule has 0 saturated carbocycles. The van der Waals surface area contributed by atoms with E-state index in [4.69, 9.17) is 0 Å². The lowest BCUT2D eigenvalue weighted by Gasteiger charge is -2.40. The molecule has 1 fully saturated rings. The molecule has 0 amide bonds. The van der Waals surface area contributed by atoms with Crippen LogP contribution in [0.25, 0.3) is 0 Å². The molecular weight excluding hydrogens is 236 g/mol. The molecule has 2 unspecified atom stereocenters. The second kappa shape index (κ2) is 7.06. The van der Waals surface area contributed by atoms with Gasteiger partial charge in [-0.05, 0) is 19.8 Å². The van der Waals surface area contributed by atoms with Gasteiger partial charge in [0.05, 0.1) is 0 Å². The summed E-state index contributed by atoms with van der Waals surface area (Å²) in [7, 11) is 0. The number of hydrogen-bond acceptors (Lipinski definition) is 3. The van der Waals surface area contributed by atoms with Gasteiger partial charge in [-0.1, -0.05) is 20.3 Å². The highest BCUT2D eigenvalue weighted by molar-refractivity contribution is 4.90. The summed E-state index contributed by atoms with van der Waals surface area (Å²) in [5, 5.41) is 3.68. The van der Waals surface area contributed by atoms with E-state index in [-0.39, 0.29) is 0 Å². The first-order chi connectivity index (χ1) is 9.24. The zero-order chi connectivity index (χ0) is 13.7. The molecule has 108 valence electrons. The van der Waals surface area contributed by atoms with Gasteiger partial charge in [-0.3, -0.25) is 4.90 Å². The maximum atomic E-state index is 4.30. The molecule has 0 aliphatic carbocycles. The second-order valence-electron chi connectivity index (χ2n) is 5.62. The zero-order valence-electron chi connectivity index (χ0n) is 12.6. The van der Waals surface area contributed by atoms with Gasteiger partial charge in [0.15, 0.2) is 0 Å². The lowest BCUT2D eigenvalue weighted by molar-refractivity contribution is 0.116. The van der Waals surface area contributed by atoms with Gasteiger partial charge < -0.3 is 9.88 Å². The number of nitrogens with one attached hydrogen (secondary N) is 1. The van der Waals surface area contributed by atoms with Crippen molar-refractivity contribution in [3.05, 3.63) is 18.2 Å². The molecule has 0 bridgehead atoms. The minimum atomic E-state index is 0.664. The molecule has 1 aromatic rings. The molecule has 1 aliphatic heterocycles. The molecule has 1 saturated heterocycles. The third-order valence-electron chi connectivity index (χ3n) is 4.28. The van der Waals surface area contributed by atoms with Crippen molar-refractivity contribution < 1.29 is 0 Å². The highest BCUT2D eigenvalue weighted by Crippen LogP contribution is 2.14. The van der Waals surface area contributed by atoms with Gasteiger partial charge in [0.25, 0.3) is 0 Å². The Kier molecular flexibility index (Phi) is 5.40. The van der Waals surface area contributed by atoms with Crippen LogP contribution in [0.15, 0.2) is 12.4 Å². The summed E-state index contributed by atoms with van der Waals surface area (Å²) in [5.74, 6) is 1.12. The maximum absolute atomic E-state index is 4.30. The summed E-state index contributed by atoms with van der Waals surface area (Å²) in [4.78, 5) is 6.97. The first kappa shape index (κ1) is 14.5. The van der Waals surface area contributed by atoms with E-state index in [0.717, 1.165) is 25.5 Å². The van der Waals surface area contributed by atoms with E-state index in [2.05, 4.69) is 46.7 Å². The van der Waals surface area contributed by atoms with Crippen LogP contribution in [-0.2, 0) is 6.54 Å². The van der Waals surface area contributed by atoms with Crippen LogP contribution in [0.4, 0.5) is 0 Å². The fourth-order valence-corrected chi connectivity index (χ4v) is 2.97. The smallest absolute Gasteiger partial charge is 0.105 e. The molecular formula is C15H28N4. The molecule has 1 N–H and O–H groups in total. The summed E-state index contributed by atoms with van der Waals surface area (Å²) in [6.07, 6.45) is 7.77. The van der Waals surface area contributed by atoms with Crippen molar-refractivity contribution in [2.24, 2.45) is 0 Å². The van der Waals surface area contributed by atoms with Gasteiger partial charge in [-0.2, -0.15) is 0 Å². The van der Waals surface area contributed by atoms with Crippen LogP contribution in [0.2, 0.25) is 0 Å². The van der Waals surface area contributed by atoms with Crippen LogP contribution in [0.3, 0.4) is 0 Å². The number of imidazole rings is 1. The van der Waals surface area contributed by atoms with Crippen molar-refractivity contribution >= 4 is 0 Å². The fraction of sp³-hybridized carbons (Fsp3) is 0.800. The maximum Gasteiger partial charge on any atom is 0.105 e. The number of aromatic nitrogens is 2. The number of nitrogens with zero attached hydrogens (tertiary/aromatic N) is 3. The molecule has 1 aromatic heterocycles. The van der Waals surface area contributed by atoms with E-state index < -0.39 is 0 Å². The first-order valence-corrected chi connectivity index (χ1v) is 7.69. The van der Waals surface area contributed by atoms with E-state index in [1.165, 1.54) is 25.8 Å². The van der Waals surface area contributed by atoms with Gasteiger partial charge >= 0.3 is 0 Å². The van der Waals surface area contributed by atoms with E-state index in [1.807, 2.05) is 6.20 Å². The number of piperazine rings is 1. The van der Waals surface area contributed by atoms with Gasteiger partial charge in [0, 0.05) is 50.7 Å². The average Bonchev–Trinajstić information content (AvgIpc) is 2.83. The summed E-state index contributed by atoms with van der Waals surface area (Å²) in [6.45, 7) is 11.2. The van der Waals surface area contributed by atoms with Crippen LogP contribution < -0.4 is 5.32 Å². The zero-order valence-corrected chi connectivity index (χ0v) is 12.6. The Balaban J connectivity index is 1.91. The van der Waals surface area contributed by atoms with Crippen molar-refractivity contribution in [2.75, 3.05) is 19.6 Å². The van der Waals surface area contributed by atoms with Crippen LogP contribution in [0, 0.1) is 6.92 Å². The predicted molar refractivity (Wildman–Crippen MR) is 79.3 cm³/mol. The molecule has 4 nitrogen and oxygen atoms in total. The third-order valence-corrected chi connectivity index (χ3v) is 4.28. The lowest BCUT2D eigenvalue weighted by atomic mass is 10.0. The van der Waals surface area contributed by atoms with Crippen molar-refractivity contribution in [1.29, 1.82) is 0 Å². The summed E-state index contributed by atoms with van der Waals surface area (Å²) in [6, 6.07) is 1.37. The summed E-state index contributed by atoms with van der Waals surface area (Å²) < 4.78 is 2.26. The number of hydrogen-bond donors (Lipinski definition) is 1. The Labute approximate surface area is 117 Å². The van der Waals surface area contributed by atoms with E-state index in [9.17, 15) is 0 Å². The van der Waals surface area contributed by atoms with Crippen molar-refractivity contribution in [2.45, 2.75) is 58.7 Å². The normalized spacial score (nSPS) is 24.8. The molecule has 19 heavy (non-hydrogen) atoms. The highest BCUT2D eigenvalue weighted by atomic mass is 15.2. The van der Waals surface area contributed by atoms with Gasteiger partial charge in [-0.25, -0.2) is 4.98 Å². The minimum Gasteiger partial charge on any atom is -0.334 e. The molecule has 2 atom stereocenters. The predicted octanol–water partition coefficient (Wildman–Crippen LogP) is 2.04. The second-order valence-corrected chi connectivity index (χ2v) is 5.62. The first-order valence-electron chi connectivity index (χ1n) is 7.69. The molecule has 0 radical (unpaired) electrons. The standard InChI is InChI=1S/C15H28N4/c1-4-6-15-11-17-14(5-2)12-19(15)10-9-18-8-7-16-13(18)3/h7-8,14-15,17H,4-6,9-12H2,1-3H3. The van der Waals surface area contributed by atoms with Gasteiger partial charge in [-0.15, -0.1) is 0 Å². The minimum absolute atomic E-state index is 0.664. The molecule has 0 spiro atoms. The largest absolute Gasteiger partial charge is 0.334 e. The van der Waals surface area contributed by atoms with Crippen molar-refractivity contribution in [3.63, 3.8) is 0 Å². The van der Waals surface area contributed by atoms with Gasteiger partial charge in [0.1, 0.15) is 5.82 Å². The molecule has 2 heterocycles. The van der Waals surface area contributed by atoms with E-state index >= 15 is 0 Å². The monoisotopic (exact) mass is 264 g/mol. The Morgan fingerprint density at radius 2 is 2.21 bits per heavy atom. The number of rotatable bonds is 6. The molecule has 1 aliphatic rings. The SMILES string of the molecule is CCCC1CNC(CC)CN1CCn1ccnc1C. The van der Waals surface area contributed by atoms with Crippen LogP contribution >= 0.6 is 0 Å². The van der Waals surface area contributed by atoms with Gasteiger partial charge in [0.2, 0.25) is 0 Å². The Morgan fingerprint density at radius 1 is 1.37 bits per heavy atom. The highest BCUT2D eigenvalue weighted by Gasteiger charge is 2.25.